The number of carbonyl (C=O) groups is 1. The zero-order valence-corrected chi connectivity index (χ0v) is 27.6. The molecule has 1 amide bonds. The highest BCUT2D eigenvalue weighted by Crippen LogP contribution is 2.29. The predicted octanol–water partition coefficient (Wildman–Crippen LogP) is 5.42. The minimum atomic E-state index is -3.62. The molecule has 2 aromatic carbocycles. The molecule has 1 unspecified atom stereocenters. The molecule has 0 aliphatic carbocycles. The van der Waals surface area contributed by atoms with E-state index in [9.17, 15) is 13.2 Å². The number of hydrogen-bond acceptors (Lipinski definition) is 7. The lowest BCUT2D eigenvalue weighted by molar-refractivity contribution is -0.129. The molecule has 1 fully saturated rings. The molecule has 12 heteroatoms. The maximum atomic E-state index is 13.1. The molecule has 9 nitrogen and oxygen atoms in total. The highest BCUT2D eigenvalue weighted by molar-refractivity contribution is 7.92. The normalized spacial score (nSPS) is 14.6. The third kappa shape index (κ3) is 12.9. The Hall–Kier alpha value is -1.92. The van der Waals surface area contributed by atoms with Crippen LogP contribution in [0.4, 0.5) is 5.69 Å². The zero-order valence-electron chi connectivity index (χ0n) is 25.2. The first-order chi connectivity index (χ1) is 20.7. The smallest absolute Gasteiger partial charge is 0.234 e. The summed E-state index contributed by atoms with van der Waals surface area (Å²) in [7, 11) is -1.82. The molecule has 1 atom stereocenters. The second kappa shape index (κ2) is 18.8. The van der Waals surface area contributed by atoms with Crippen molar-refractivity contribution in [3.63, 3.8) is 0 Å². The average Bonchev–Trinajstić information content (AvgIpc) is 3.51. The SMILES string of the molecule is CCCCOCCOCCOCCS(=O)(=O)Nc1cccc(C(CN(C)C(=O)Cc2ccc(Cl)c(Cl)c2)N2CCCC2)c1. The summed E-state index contributed by atoms with van der Waals surface area (Å²) >= 11 is 12.2. The summed E-state index contributed by atoms with van der Waals surface area (Å²) in [5.41, 5.74) is 2.23. The third-order valence-corrected chi connectivity index (χ3v) is 9.21. The summed E-state index contributed by atoms with van der Waals surface area (Å²) in [4.78, 5) is 17.2. The van der Waals surface area contributed by atoms with Crippen LogP contribution in [0.5, 0.6) is 0 Å². The van der Waals surface area contributed by atoms with E-state index in [0.717, 1.165) is 56.5 Å². The van der Waals surface area contributed by atoms with Crippen LogP contribution in [0.2, 0.25) is 10.0 Å². The lowest BCUT2D eigenvalue weighted by Gasteiger charge is -2.32. The number of hydrogen-bond donors (Lipinski definition) is 1. The zero-order chi connectivity index (χ0) is 31.1. The van der Waals surface area contributed by atoms with Crippen LogP contribution in [0.3, 0.4) is 0 Å². The summed E-state index contributed by atoms with van der Waals surface area (Å²) in [5.74, 6) is -0.205. The maximum absolute atomic E-state index is 13.1. The molecule has 0 saturated carbocycles. The Kier molecular flexibility index (Phi) is 15.5. The average molecular weight is 659 g/mol. The fourth-order valence-electron chi connectivity index (χ4n) is 4.80. The van der Waals surface area contributed by atoms with E-state index < -0.39 is 10.0 Å². The van der Waals surface area contributed by atoms with E-state index in [1.54, 1.807) is 36.2 Å². The van der Waals surface area contributed by atoms with Crippen molar-refractivity contribution in [1.82, 2.24) is 9.80 Å². The highest BCUT2D eigenvalue weighted by Gasteiger charge is 2.27. The number of sulfonamides is 1. The van der Waals surface area contributed by atoms with Gasteiger partial charge < -0.3 is 19.1 Å². The van der Waals surface area contributed by atoms with Crippen LogP contribution in [-0.4, -0.2) is 96.2 Å². The number of ether oxygens (including phenoxy) is 3. The molecule has 1 aliphatic rings. The largest absolute Gasteiger partial charge is 0.379 e. The lowest BCUT2D eigenvalue weighted by atomic mass is 10.0. The van der Waals surface area contributed by atoms with E-state index in [1.807, 2.05) is 18.2 Å². The molecular weight excluding hydrogens is 613 g/mol. The molecule has 0 radical (unpaired) electrons. The van der Waals surface area contributed by atoms with E-state index in [2.05, 4.69) is 16.5 Å². The molecule has 1 N–H and O–H groups in total. The number of unbranched alkanes of at least 4 members (excludes halogenated alkanes) is 1. The molecule has 0 spiro atoms. The van der Waals surface area contributed by atoms with Crippen molar-refractivity contribution in [3.05, 3.63) is 63.6 Å². The molecular formula is C31H45Cl2N3O6S. The number of halogens is 2. The summed E-state index contributed by atoms with van der Waals surface area (Å²) in [6.45, 7) is 6.95. The second-order valence-corrected chi connectivity index (χ2v) is 13.4. The summed E-state index contributed by atoms with van der Waals surface area (Å²) in [6, 6.07) is 12.6. The van der Waals surface area contributed by atoms with E-state index in [4.69, 9.17) is 37.4 Å². The number of likely N-dealkylation sites (tertiary alicyclic amines) is 1. The van der Waals surface area contributed by atoms with Gasteiger partial charge in [0.25, 0.3) is 0 Å². The van der Waals surface area contributed by atoms with Crippen molar-refractivity contribution in [2.75, 3.05) is 76.8 Å². The van der Waals surface area contributed by atoms with Gasteiger partial charge in [0.1, 0.15) is 0 Å². The van der Waals surface area contributed by atoms with E-state index in [0.29, 0.717) is 48.7 Å². The van der Waals surface area contributed by atoms with Gasteiger partial charge >= 0.3 is 0 Å². The van der Waals surface area contributed by atoms with E-state index in [-0.39, 0.29) is 30.7 Å². The van der Waals surface area contributed by atoms with Crippen molar-refractivity contribution in [1.29, 1.82) is 0 Å². The molecule has 1 aliphatic heterocycles. The molecule has 0 aromatic heterocycles. The van der Waals surface area contributed by atoms with Gasteiger partial charge in [-0.3, -0.25) is 14.4 Å². The van der Waals surface area contributed by atoms with Gasteiger partial charge in [0.2, 0.25) is 15.9 Å². The van der Waals surface area contributed by atoms with E-state index in [1.165, 1.54) is 0 Å². The molecule has 3 rings (SSSR count). The molecule has 1 heterocycles. The van der Waals surface area contributed by atoms with Crippen LogP contribution in [-0.2, 0) is 35.4 Å². The Labute approximate surface area is 266 Å². The van der Waals surface area contributed by atoms with Crippen LogP contribution < -0.4 is 4.72 Å². The van der Waals surface area contributed by atoms with Crippen molar-refractivity contribution in [2.24, 2.45) is 0 Å². The van der Waals surface area contributed by atoms with Crippen LogP contribution in [0.15, 0.2) is 42.5 Å². The van der Waals surface area contributed by atoms with Crippen LogP contribution in [0.1, 0.15) is 49.8 Å². The van der Waals surface area contributed by atoms with Gasteiger partial charge in [0, 0.05) is 25.9 Å². The molecule has 240 valence electrons. The predicted molar refractivity (Wildman–Crippen MR) is 173 cm³/mol. The van der Waals surface area contributed by atoms with Gasteiger partial charge in [-0.05, 0) is 67.7 Å². The van der Waals surface area contributed by atoms with Crippen LogP contribution in [0.25, 0.3) is 0 Å². The number of nitrogens with zero attached hydrogens (tertiary/aromatic N) is 2. The number of carbonyl (C=O) groups excluding carboxylic acids is 1. The topological polar surface area (TPSA) is 97.4 Å². The van der Waals surface area contributed by atoms with Crippen molar-refractivity contribution < 1.29 is 27.4 Å². The minimum absolute atomic E-state index is 0.0369. The third-order valence-electron chi connectivity index (χ3n) is 7.22. The summed E-state index contributed by atoms with van der Waals surface area (Å²) < 4.78 is 44.5. The first-order valence-electron chi connectivity index (χ1n) is 14.9. The van der Waals surface area contributed by atoms with Crippen molar-refractivity contribution in [2.45, 2.75) is 45.1 Å². The Bertz CT molecular complexity index is 1240. The second-order valence-electron chi connectivity index (χ2n) is 10.7. The first-order valence-corrected chi connectivity index (χ1v) is 17.3. The number of amides is 1. The fraction of sp³-hybridized carbons (Fsp3) is 0.581. The van der Waals surface area contributed by atoms with Gasteiger partial charge in [0.15, 0.2) is 0 Å². The molecule has 1 saturated heterocycles. The lowest BCUT2D eigenvalue weighted by Crippen LogP contribution is -2.38. The Morgan fingerprint density at radius 3 is 2.30 bits per heavy atom. The Morgan fingerprint density at radius 1 is 0.953 bits per heavy atom. The Balaban J connectivity index is 1.51. The number of benzene rings is 2. The summed E-state index contributed by atoms with van der Waals surface area (Å²) in [5, 5.41) is 0.871. The quantitative estimate of drug-likeness (QED) is 0.190. The number of nitrogens with one attached hydrogen (secondary N) is 1. The first kappa shape index (κ1) is 35.6. The molecule has 2 aromatic rings. The maximum Gasteiger partial charge on any atom is 0.234 e. The van der Waals surface area contributed by atoms with Crippen molar-refractivity contribution >= 4 is 44.8 Å². The molecule has 0 bridgehead atoms. The van der Waals surface area contributed by atoms with Gasteiger partial charge in [-0.2, -0.15) is 0 Å². The highest BCUT2D eigenvalue weighted by atomic mass is 35.5. The monoisotopic (exact) mass is 657 g/mol. The Morgan fingerprint density at radius 2 is 1.63 bits per heavy atom. The van der Waals surface area contributed by atoms with Gasteiger partial charge in [-0.1, -0.05) is 54.7 Å². The van der Waals surface area contributed by atoms with Crippen molar-refractivity contribution in [3.8, 4) is 0 Å². The van der Waals surface area contributed by atoms with E-state index >= 15 is 0 Å². The number of anilines is 1. The van der Waals surface area contributed by atoms with Crippen LogP contribution >= 0.6 is 23.2 Å². The molecule has 43 heavy (non-hydrogen) atoms. The van der Waals surface area contributed by atoms with Gasteiger partial charge in [0.05, 0.1) is 61.3 Å². The van der Waals surface area contributed by atoms with Gasteiger partial charge in [-0.25, -0.2) is 8.42 Å². The van der Waals surface area contributed by atoms with Gasteiger partial charge in [-0.15, -0.1) is 0 Å². The number of rotatable bonds is 20. The number of likely N-dealkylation sites (N-methyl/N-ethyl adjacent to an activating group) is 1. The minimum Gasteiger partial charge on any atom is -0.379 e. The standard InChI is InChI=1S/C31H45Cl2N3O6S/c1-3-4-14-40-15-16-41-17-18-42-19-20-43(38,39)34-27-9-7-8-26(23-27)30(36-12-5-6-13-36)24-35(2)31(37)22-25-10-11-28(32)29(33)21-25/h7-11,21,23,30,34H,3-6,12-20,22,24H2,1-2H3. The summed E-state index contributed by atoms with van der Waals surface area (Å²) in [6.07, 6.45) is 4.51. The van der Waals surface area contributed by atoms with Crippen LogP contribution in [0, 0.1) is 0 Å². The fourth-order valence-corrected chi connectivity index (χ4v) is 6.05.